The van der Waals surface area contributed by atoms with E-state index in [1.165, 1.54) is 55.4 Å². The van der Waals surface area contributed by atoms with Gasteiger partial charge in [-0.25, -0.2) is 4.98 Å². The standard InChI is InChI=1S/C23H22INS/c1-14-5-4-6-17-7-8-18(12-21(14)17)23-25-20(13-26-23)11-19-9-16(3)22(24)10-15(19)2/h7-10,12-13H,1,4-6,11H2,2-3H3. The number of rotatable bonds is 3. The maximum Gasteiger partial charge on any atom is 0.123 e. The fourth-order valence-electron chi connectivity index (χ4n) is 3.63. The van der Waals surface area contributed by atoms with Crippen LogP contribution in [0.5, 0.6) is 0 Å². The summed E-state index contributed by atoms with van der Waals surface area (Å²) < 4.78 is 1.33. The van der Waals surface area contributed by atoms with Gasteiger partial charge in [0.1, 0.15) is 5.01 Å². The zero-order chi connectivity index (χ0) is 18.3. The van der Waals surface area contributed by atoms with Gasteiger partial charge in [0.25, 0.3) is 0 Å². The maximum absolute atomic E-state index is 4.93. The average molecular weight is 471 g/mol. The summed E-state index contributed by atoms with van der Waals surface area (Å²) in [5.74, 6) is 0. The van der Waals surface area contributed by atoms with Crippen LogP contribution in [0.1, 0.15) is 46.4 Å². The third-order valence-electron chi connectivity index (χ3n) is 5.20. The van der Waals surface area contributed by atoms with E-state index in [0.29, 0.717) is 0 Å². The third kappa shape index (κ3) is 3.52. The number of aryl methyl sites for hydroxylation is 3. The number of allylic oxidation sites excluding steroid dienone is 1. The molecule has 1 aromatic heterocycles. The number of nitrogens with zero attached hydrogens (tertiary/aromatic N) is 1. The second kappa shape index (κ2) is 7.28. The molecule has 0 bridgehead atoms. The van der Waals surface area contributed by atoms with Crippen LogP contribution in [0, 0.1) is 17.4 Å². The maximum atomic E-state index is 4.93. The molecule has 0 saturated carbocycles. The Morgan fingerprint density at radius 1 is 1.12 bits per heavy atom. The molecule has 0 radical (unpaired) electrons. The molecule has 0 amide bonds. The predicted molar refractivity (Wildman–Crippen MR) is 121 cm³/mol. The first-order chi connectivity index (χ1) is 12.5. The van der Waals surface area contributed by atoms with E-state index in [4.69, 9.17) is 4.98 Å². The van der Waals surface area contributed by atoms with Crippen molar-refractivity contribution < 1.29 is 0 Å². The summed E-state index contributed by atoms with van der Waals surface area (Å²) in [4.78, 5) is 4.93. The summed E-state index contributed by atoms with van der Waals surface area (Å²) in [6, 6.07) is 11.4. The van der Waals surface area contributed by atoms with Gasteiger partial charge in [0, 0.05) is 20.9 Å². The summed E-state index contributed by atoms with van der Waals surface area (Å²) in [6.07, 6.45) is 4.41. The molecule has 1 aliphatic rings. The smallest absolute Gasteiger partial charge is 0.123 e. The molecule has 0 fully saturated rings. The number of halogens is 1. The summed E-state index contributed by atoms with van der Waals surface area (Å²) >= 11 is 4.15. The molecule has 0 spiro atoms. The van der Waals surface area contributed by atoms with Crippen LogP contribution in [0.2, 0.25) is 0 Å². The van der Waals surface area contributed by atoms with Crippen molar-refractivity contribution in [2.45, 2.75) is 39.5 Å². The first-order valence-electron chi connectivity index (χ1n) is 9.03. The fraction of sp³-hybridized carbons (Fsp3) is 0.261. The van der Waals surface area contributed by atoms with Crippen molar-refractivity contribution in [3.63, 3.8) is 0 Å². The second-order valence-corrected chi connectivity index (χ2v) is 9.20. The zero-order valence-corrected chi connectivity index (χ0v) is 18.2. The number of aromatic nitrogens is 1. The summed E-state index contributed by atoms with van der Waals surface area (Å²) in [6.45, 7) is 8.63. The van der Waals surface area contributed by atoms with Crippen LogP contribution in [0.3, 0.4) is 0 Å². The molecule has 0 aliphatic heterocycles. The zero-order valence-electron chi connectivity index (χ0n) is 15.2. The number of benzene rings is 2. The van der Waals surface area contributed by atoms with E-state index in [-0.39, 0.29) is 0 Å². The van der Waals surface area contributed by atoms with Crippen molar-refractivity contribution in [1.82, 2.24) is 4.98 Å². The summed E-state index contributed by atoms with van der Waals surface area (Å²) in [5.41, 5.74) is 10.5. The third-order valence-corrected chi connectivity index (χ3v) is 7.31. The predicted octanol–water partition coefficient (Wildman–Crippen LogP) is 6.97. The molecule has 3 heteroatoms. The van der Waals surface area contributed by atoms with Gasteiger partial charge in [0.05, 0.1) is 5.69 Å². The van der Waals surface area contributed by atoms with Gasteiger partial charge in [-0.1, -0.05) is 24.8 Å². The molecular formula is C23H22INS. The molecule has 0 N–H and O–H groups in total. The molecule has 0 saturated heterocycles. The number of hydrogen-bond acceptors (Lipinski definition) is 2. The molecular weight excluding hydrogens is 449 g/mol. The van der Waals surface area contributed by atoms with E-state index in [0.717, 1.165) is 23.5 Å². The fourth-order valence-corrected chi connectivity index (χ4v) is 5.07. The monoisotopic (exact) mass is 471 g/mol. The molecule has 3 aromatic rings. The topological polar surface area (TPSA) is 12.9 Å². The van der Waals surface area contributed by atoms with Crippen LogP contribution in [0.15, 0.2) is 42.3 Å². The van der Waals surface area contributed by atoms with Gasteiger partial charge in [0.15, 0.2) is 0 Å². The highest BCUT2D eigenvalue weighted by atomic mass is 127. The SMILES string of the molecule is C=C1CCCc2ccc(-c3nc(Cc4cc(C)c(I)cc4C)cs3)cc21. The van der Waals surface area contributed by atoms with E-state index >= 15 is 0 Å². The lowest BCUT2D eigenvalue weighted by molar-refractivity contribution is 0.824. The van der Waals surface area contributed by atoms with Gasteiger partial charge in [-0.05, 0) is 101 Å². The van der Waals surface area contributed by atoms with Crippen LogP contribution in [-0.2, 0) is 12.8 Å². The molecule has 2 aromatic carbocycles. The summed E-state index contributed by atoms with van der Waals surface area (Å²) in [7, 11) is 0. The highest BCUT2D eigenvalue weighted by Gasteiger charge is 2.15. The Morgan fingerprint density at radius 3 is 2.81 bits per heavy atom. The molecule has 132 valence electrons. The highest BCUT2D eigenvalue weighted by molar-refractivity contribution is 14.1. The Balaban J connectivity index is 1.62. The first-order valence-corrected chi connectivity index (χ1v) is 11.0. The Morgan fingerprint density at radius 2 is 1.96 bits per heavy atom. The quantitative estimate of drug-likeness (QED) is 0.376. The minimum atomic E-state index is 0.901. The molecule has 4 rings (SSSR count). The van der Waals surface area contributed by atoms with Crippen molar-refractivity contribution in [2.24, 2.45) is 0 Å². The molecule has 1 aliphatic carbocycles. The average Bonchev–Trinajstić information content (AvgIpc) is 3.08. The number of hydrogen-bond donors (Lipinski definition) is 0. The van der Waals surface area contributed by atoms with Gasteiger partial charge in [-0.2, -0.15) is 0 Å². The van der Waals surface area contributed by atoms with Crippen molar-refractivity contribution in [2.75, 3.05) is 0 Å². The lowest BCUT2D eigenvalue weighted by Gasteiger charge is -2.18. The van der Waals surface area contributed by atoms with Crippen LogP contribution in [-0.4, -0.2) is 4.98 Å². The minimum Gasteiger partial charge on any atom is -0.241 e. The van der Waals surface area contributed by atoms with Crippen molar-refractivity contribution in [3.05, 3.63) is 79.4 Å². The van der Waals surface area contributed by atoms with Crippen LogP contribution in [0.4, 0.5) is 0 Å². The van der Waals surface area contributed by atoms with Gasteiger partial charge in [-0.15, -0.1) is 11.3 Å². The lowest BCUT2D eigenvalue weighted by atomic mass is 9.87. The second-order valence-electron chi connectivity index (χ2n) is 7.18. The van der Waals surface area contributed by atoms with Crippen LogP contribution < -0.4 is 0 Å². The highest BCUT2D eigenvalue weighted by Crippen LogP contribution is 2.34. The Hall–Kier alpha value is -1.46. The Kier molecular flexibility index (Phi) is 5.02. The normalized spacial score (nSPS) is 13.7. The summed E-state index contributed by atoms with van der Waals surface area (Å²) in [5, 5.41) is 3.32. The van der Waals surface area contributed by atoms with Crippen molar-refractivity contribution >= 4 is 39.5 Å². The Labute approximate surface area is 173 Å². The van der Waals surface area contributed by atoms with Gasteiger partial charge in [-0.3, -0.25) is 0 Å². The largest absolute Gasteiger partial charge is 0.241 e. The Bertz CT molecular complexity index is 999. The van der Waals surface area contributed by atoms with Crippen molar-refractivity contribution in [3.8, 4) is 10.6 Å². The lowest BCUT2D eigenvalue weighted by Crippen LogP contribution is -2.01. The molecule has 1 heterocycles. The van der Waals surface area contributed by atoms with E-state index < -0.39 is 0 Å². The molecule has 0 unspecified atom stereocenters. The number of fused-ring (bicyclic) bond motifs is 1. The van der Waals surface area contributed by atoms with Crippen LogP contribution >= 0.6 is 33.9 Å². The molecule has 0 atom stereocenters. The van der Waals surface area contributed by atoms with E-state index in [1.807, 2.05) is 0 Å². The first kappa shape index (κ1) is 17.9. The van der Waals surface area contributed by atoms with E-state index in [2.05, 4.69) is 78.7 Å². The number of thiazole rings is 1. The minimum absolute atomic E-state index is 0.901. The van der Waals surface area contributed by atoms with Crippen molar-refractivity contribution in [1.29, 1.82) is 0 Å². The molecule has 26 heavy (non-hydrogen) atoms. The van der Waals surface area contributed by atoms with Gasteiger partial charge in [0.2, 0.25) is 0 Å². The van der Waals surface area contributed by atoms with E-state index in [9.17, 15) is 0 Å². The van der Waals surface area contributed by atoms with Crippen LogP contribution in [0.25, 0.3) is 16.1 Å². The van der Waals surface area contributed by atoms with Gasteiger partial charge < -0.3 is 0 Å². The van der Waals surface area contributed by atoms with Gasteiger partial charge >= 0.3 is 0 Å². The molecule has 1 nitrogen and oxygen atoms in total. The van der Waals surface area contributed by atoms with E-state index in [1.54, 1.807) is 11.3 Å².